The molecule has 2 aromatic carbocycles. The number of amides is 1. The van der Waals surface area contributed by atoms with E-state index in [9.17, 15) is 4.79 Å². The average Bonchev–Trinajstić information content (AvgIpc) is 3.26. The van der Waals surface area contributed by atoms with Crippen LogP contribution in [-0.2, 0) is 22.6 Å². The zero-order valence-corrected chi connectivity index (χ0v) is 19.7. The molecule has 0 spiro atoms. The van der Waals surface area contributed by atoms with E-state index in [1.165, 1.54) is 0 Å². The number of fused-ring (bicyclic) bond motifs is 1. The van der Waals surface area contributed by atoms with Crippen LogP contribution in [-0.4, -0.2) is 53.1 Å². The fourth-order valence-electron chi connectivity index (χ4n) is 4.39. The summed E-state index contributed by atoms with van der Waals surface area (Å²) < 4.78 is 19.9. The number of carbonyl (C=O) groups is 1. The van der Waals surface area contributed by atoms with E-state index < -0.39 is 0 Å². The van der Waals surface area contributed by atoms with Crippen LogP contribution in [0.1, 0.15) is 24.8 Å². The van der Waals surface area contributed by atoms with Gasteiger partial charge in [-0.25, -0.2) is 0 Å². The van der Waals surface area contributed by atoms with Crippen molar-refractivity contribution in [1.29, 1.82) is 0 Å². The monoisotopic (exact) mass is 481 g/mol. The van der Waals surface area contributed by atoms with Crippen molar-refractivity contribution in [3.05, 3.63) is 65.4 Å². The molecule has 1 fully saturated rings. The molecule has 178 valence electrons. The van der Waals surface area contributed by atoms with Crippen LogP contribution in [0.15, 0.2) is 54.9 Å². The molecule has 2 aliphatic rings. The second-order valence-corrected chi connectivity index (χ2v) is 9.08. The Balaban J connectivity index is 1.44. The zero-order chi connectivity index (χ0) is 23.3. The largest absolute Gasteiger partial charge is 0.487 e. The molecule has 1 atom stereocenters. The molecule has 1 amide bonds. The number of halogens is 1. The number of benzene rings is 2. The summed E-state index contributed by atoms with van der Waals surface area (Å²) >= 11 is 6.27. The lowest BCUT2D eigenvalue weighted by atomic mass is 10.0. The van der Waals surface area contributed by atoms with Gasteiger partial charge in [0, 0.05) is 36.1 Å². The molecule has 0 unspecified atom stereocenters. The van der Waals surface area contributed by atoms with Crippen LogP contribution in [0, 0.1) is 0 Å². The van der Waals surface area contributed by atoms with E-state index in [0.717, 1.165) is 42.6 Å². The minimum atomic E-state index is -0.00798. The fraction of sp³-hybridized carbons (Fsp3) is 0.385. The van der Waals surface area contributed by atoms with Crippen molar-refractivity contribution in [3.8, 4) is 22.6 Å². The average molecular weight is 482 g/mol. The Morgan fingerprint density at radius 2 is 2.09 bits per heavy atom. The first kappa shape index (κ1) is 22.7. The van der Waals surface area contributed by atoms with Gasteiger partial charge in [-0.1, -0.05) is 23.7 Å². The summed E-state index contributed by atoms with van der Waals surface area (Å²) in [7, 11) is 0. The zero-order valence-electron chi connectivity index (χ0n) is 19.0. The van der Waals surface area contributed by atoms with Crippen LogP contribution in [0.3, 0.4) is 0 Å². The number of hydrogen-bond acceptors (Lipinski definition) is 5. The second-order valence-electron chi connectivity index (χ2n) is 8.64. The molecule has 3 aromatic rings. The maximum absolute atomic E-state index is 13.0. The molecule has 8 heteroatoms. The van der Waals surface area contributed by atoms with E-state index in [-0.39, 0.29) is 18.6 Å². The fourth-order valence-corrected chi connectivity index (χ4v) is 4.58. The summed E-state index contributed by atoms with van der Waals surface area (Å²) in [5.41, 5.74) is 2.85. The standard InChI is InChI=1S/C26H28ClN3O4/c27-22-6-3-5-19(14-22)20-13-21-16-29(25(31)17-30-9-4-8-28-30)10-12-33-26(21)24(15-20)34-18-23-7-1-2-11-32-23/h3-6,8-9,13-15,23H,1-2,7,10-12,16-18H2/t23-/m0/s1. The predicted octanol–water partition coefficient (Wildman–Crippen LogP) is 4.57. The Kier molecular flexibility index (Phi) is 7.02. The van der Waals surface area contributed by atoms with Gasteiger partial charge in [0.1, 0.15) is 19.8 Å². The van der Waals surface area contributed by atoms with E-state index in [4.69, 9.17) is 25.8 Å². The molecule has 5 rings (SSSR count). The predicted molar refractivity (Wildman–Crippen MR) is 129 cm³/mol. The minimum Gasteiger partial charge on any atom is -0.487 e. The normalized spacial score (nSPS) is 18.0. The Morgan fingerprint density at radius 1 is 1.15 bits per heavy atom. The highest BCUT2D eigenvalue weighted by atomic mass is 35.5. The Morgan fingerprint density at radius 3 is 2.88 bits per heavy atom. The van der Waals surface area contributed by atoms with Crippen LogP contribution in [0.4, 0.5) is 0 Å². The molecule has 34 heavy (non-hydrogen) atoms. The number of nitrogens with zero attached hydrogens (tertiary/aromatic N) is 3. The topological polar surface area (TPSA) is 65.8 Å². The van der Waals surface area contributed by atoms with Crippen LogP contribution in [0.2, 0.25) is 5.02 Å². The smallest absolute Gasteiger partial charge is 0.244 e. The molecule has 3 heterocycles. The quantitative estimate of drug-likeness (QED) is 0.516. The molecule has 0 bridgehead atoms. The lowest BCUT2D eigenvalue weighted by molar-refractivity contribution is -0.132. The molecular weight excluding hydrogens is 454 g/mol. The van der Waals surface area contributed by atoms with E-state index in [0.29, 0.717) is 42.8 Å². The third kappa shape index (κ3) is 5.37. The Labute approximate surface area is 204 Å². The van der Waals surface area contributed by atoms with Crippen molar-refractivity contribution in [3.63, 3.8) is 0 Å². The lowest BCUT2D eigenvalue weighted by Crippen LogP contribution is -2.35. The first-order valence-corrected chi connectivity index (χ1v) is 12.1. The number of ether oxygens (including phenoxy) is 3. The highest BCUT2D eigenvalue weighted by molar-refractivity contribution is 6.30. The van der Waals surface area contributed by atoms with Gasteiger partial charge in [0.25, 0.3) is 0 Å². The third-order valence-corrected chi connectivity index (χ3v) is 6.40. The SMILES string of the molecule is O=C(Cn1cccn1)N1CCOc2c(cc(-c3cccc(Cl)c3)cc2OC[C@@H]2CCCCO2)C1. The van der Waals surface area contributed by atoms with Gasteiger partial charge in [0.2, 0.25) is 5.91 Å². The van der Waals surface area contributed by atoms with Gasteiger partial charge in [-0.15, -0.1) is 0 Å². The lowest BCUT2D eigenvalue weighted by Gasteiger charge is -2.24. The van der Waals surface area contributed by atoms with Gasteiger partial charge in [0.05, 0.1) is 12.6 Å². The van der Waals surface area contributed by atoms with Crippen LogP contribution in [0.5, 0.6) is 11.5 Å². The number of rotatable bonds is 6. The highest BCUT2D eigenvalue weighted by Gasteiger charge is 2.25. The molecular formula is C26H28ClN3O4. The van der Waals surface area contributed by atoms with E-state index in [1.54, 1.807) is 17.1 Å². The molecule has 0 aliphatic carbocycles. The van der Waals surface area contributed by atoms with E-state index in [2.05, 4.69) is 11.2 Å². The van der Waals surface area contributed by atoms with Crippen molar-refractivity contribution in [2.24, 2.45) is 0 Å². The van der Waals surface area contributed by atoms with Crippen molar-refractivity contribution in [2.75, 3.05) is 26.4 Å². The van der Waals surface area contributed by atoms with Gasteiger partial charge in [0.15, 0.2) is 11.5 Å². The van der Waals surface area contributed by atoms with Crippen LogP contribution in [0.25, 0.3) is 11.1 Å². The third-order valence-electron chi connectivity index (χ3n) is 6.17. The number of hydrogen-bond donors (Lipinski definition) is 0. The number of aromatic nitrogens is 2. The molecule has 0 radical (unpaired) electrons. The van der Waals surface area contributed by atoms with Gasteiger partial charge < -0.3 is 19.1 Å². The highest BCUT2D eigenvalue weighted by Crippen LogP contribution is 2.39. The maximum Gasteiger partial charge on any atom is 0.244 e. The van der Waals surface area contributed by atoms with Crippen LogP contribution < -0.4 is 9.47 Å². The first-order chi connectivity index (χ1) is 16.7. The van der Waals surface area contributed by atoms with Gasteiger partial charge in [-0.05, 0) is 60.7 Å². The van der Waals surface area contributed by atoms with Gasteiger partial charge in [-0.3, -0.25) is 9.48 Å². The summed E-state index contributed by atoms with van der Waals surface area (Å²) in [5.74, 6) is 1.35. The van der Waals surface area contributed by atoms with Crippen molar-refractivity contribution < 1.29 is 19.0 Å². The molecule has 0 saturated carbocycles. The van der Waals surface area contributed by atoms with E-state index in [1.807, 2.05) is 41.3 Å². The van der Waals surface area contributed by atoms with Crippen molar-refractivity contribution in [2.45, 2.75) is 38.5 Å². The van der Waals surface area contributed by atoms with Crippen LogP contribution >= 0.6 is 11.6 Å². The summed E-state index contributed by atoms with van der Waals surface area (Å²) in [6, 6.07) is 13.6. The first-order valence-electron chi connectivity index (χ1n) is 11.7. The number of carbonyl (C=O) groups excluding carboxylic acids is 1. The maximum atomic E-state index is 13.0. The summed E-state index contributed by atoms with van der Waals surface area (Å²) in [4.78, 5) is 14.8. The molecule has 7 nitrogen and oxygen atoms in total. The minimum absolute atomic E-state index is 0.00798. The van der Waals surface area contributed by atoms with Crippen molar-refractivity contribution >= 4 is 17.5 Å². The Hall–Kier alpha value is -3.03. The molecule has 2 aliphatic heterocycles. The molecule has 0 N–H and O–H groups in total. The van der Waals surface area contributed by atoms with Gasteiger partial charge in [-0.2, -0.15) is 5.10 Å². The molecule has 1 saturated heterocycles. The second kappa shape index (κ2) is 10.5. The summed E-state index contributed by atoms with van der Waals surface area (Å²) in [5, 5.41) is 4.82. The molecule has 1 aromatic heterocycles. The van der Waals surface area contributed by atoms with Gasteiger partial charge >= 0.3 is 0 Å². The van der Waals surface area contributed by atoms with Crippen molar-refractivity contribution in [1.82, 2.24) is 14.7 Å². The van der Waals surface area contributed by atoms with E-state index >= 15 is 0 Å². The summed E-state index contributed by atoms with van der Waals surface area (Å²) in [6.45, 7) is 2.76. The summed E-state index contributed by atoms with van der Waals surface area (Å²) in [6.07, 6.45) is 6.78. The Bertz CT molecular complexity index is 1130.